The SMILES string of the molecule is CC1(C)c2cc3c4ccccc4c4ccccc4c3cc2-c2nc(-c3cccc(-c4cccc5c4sc4ccccc45)c3)ccc21. The van der Waals surface area contributed by atoms with Crippen LogP contribution in [0.3, 0.4) is 0 Å². The molecule has 9 aromatic rings. The van der Waals surface area contributed by atoms with E-state index in [-0.39, 0.29) is 5.41 Å². The van der Waals surface area contributed by atoms with E-state index in [4.69, 9.17) is 4.98 Å². The Morgan fingerprint density at radius 3 is 1.83 bits per heavy atom. The number of pyridine rings is 1. The number of aromatic nitrogens is 1. The van der Waals surface area contributed by atoms with Crippen molar-refractivity contribution >= 4 is 63.8 Å². The van der Waals surface area contributed by atoms with E-state index < -0.39 is 0 Å². The van der Waals surface area contributed by atoms with Gasteiger partial charge in [-0.1, -0.05) is 123 Å². The Morgan fingerprint density at radius 2 is 1.07 bits per heavy atom. The van der Waals surface area contributed by atoms with Crippen LogP contribution in [0.1, 0.15) is 25.0 Å². The molecule has 0 saturated carbocycles. The maximum atomic E-state index is 5.44. The van der Waals surface area contributed by atoms with Crippen LogP contribution >= 0.6 is 11.3 Å². The standard InChI is InChI=1S/C44H29NS/c1-44(2)38-21-22-40(27-12-9-11-26(23-27)28-18-10-19-34-33-17-7-8-20-41(33)46-43(28)34)45-42(38)37-24-35-31-15-5-3-13-29(31)30-14-4-6-16-32(30)36(35)25-39(37)44/h3-25H,1-2H3. The van der Waals surface area contributed by atoms with Crippen molar-refractivity contribution in [1.82, 2.24) is 4.98 Å². The first-order valence-electron chi connectivity index (χ1n) is 16.0. The first kappa shape index (κ1) is 26.0. The van der Waals surface area contributed by atoms with Crippen molar-refractivity contribution < 1.29 is 0 Å². The molecule has 1 aliphatic rings. The van der Waals surface area contributed by atoms with Gasteiger partial charge in [0, 0.05) is 36.7 Å². The molecule has 0 saturated heterocycles. The largest absolute Gasteiger partial charge is 0.247 e. The third-order valence-electron chi connectivity index (χ3n) is 10.3. The zero-order valence-electron chi connectivity index (χ0n) is 25.6. The van der Waals surface area contributed by atoms with Gasteiger partial charge in [0.2, 0.25) is 0 Å². The molecule has 0 fully saturated rings. The second-order valence-corrected chi connectivity index (χ2v) is 14.2. The molecule has 2 heterocycles. The minimum Gasteiger partial charge on any atom is -0.247 e. The van der Waals surface area contributed by atoms with E-state index >= 15 is 0 Å². The highest BCUT2D eigenvalue weighted by Gasteiger charge is 2.37. The Hall–Kier alpha value is -5.31. The monoisotopic (exact) mass is 603 g/mol. The lowest BCUT2D eigenvalue weighted by Gasteiger charge is -2.22. The first-order valence-corrected chi connectivity index (χ1v) is 16.8. The van der Waals surface area contributed by atoms with Crippen LogP contribution in [0.5, 0.6) is 0 Å². The fourth-order valence-electron chi connectivity index (χ4n) is 7.96. The average molecular weight is 604 g/mol. The van der Waals surface area contributed by atoms with Crippen LogP contribution in [0, 0.1) is 0 Å². The highest BCUT2D eigenvalue weighted by atomic mass is 32.1. The predicted molar refractivity (Wildman–Crippen MR) is 198 cm³/mol. The maximum absolute atomic E-state index is 5.44. The second-order valence-electron chi connectivity index (χ2n) is 13.1. The molecule has 10 rings (SSSR count). The van der Waals surface area contributed by atoms with Crippen LogP contribution in [0.25, 0.3) is 86.1 Å². The van der Waals surface area contributed by atoms with Gasteiger partial charge in [0.05, 0.1) is 11.4 Å². The van der Waals surface area contributed by atoms with E-state index in [0.717, 1.165) is 17.0 Å². The summed E-state index contributed by atoms with van der Waals surface area (Å²) in [6, 6.07) is 51.4. The Labute approximate surface area is 271 Å². The summed E-state index contributed by atoms with van der Waals surface area (Å²) < 4.78 is 2.67. The molecule has 216 valence electrons. The molecule has 0 spiro atoms. The number of benzene rings is 7. The van der Waals surface area contributed by atoms with Crippen LogP contribution in [0.4, 0.5) is 0 Å². The van der Waals surface area contributed by atoms with Crippen molar-refractivity contribution in [3.63, 3.8) is 0 Å². The zero-order valence-corrected chi connectivity index (χ0v) is 26.5. The number of fused-ring (bicyclic) bond motifs is 12. The molecular formula is C44H29NS. The predicted octanol–water partition coefficient (Wildman–Crippen LogP) is 12.5. The lowest BCUT2D eigenvalue weighted by molar-refractivity contribution is 0.660. The number of hydrogen-bond acceptors (Lipinski definition) is 2. The topological polar surface area (TPSA) is 12.9 Å². The summed E-state index contributed by atoms with van der Waals surface area (Å²) in [5.74, 6) is 0. The number of rotatable bonds is 2. The van der Waals surface area contributed by atoms with Gasteiger partial charge in [0.1, 0.15) is 0 Å². The van der Waals surface area contributed by atoms with E-state index in [1.54, 1.807) is 0 Å². The van der Waals surface area contributed by atoms with E-state index in [9.17, 15) is 0 Å². The fourth-order valence-corrected chi connectivity index (χ4v) is 9.20. The minimum atomic E-state index is -0.143. The van der Waals surface area contributed by atoms with Crippen molar-refractivity contribution in [3.05, 3.63) is 151 Å². The third-order valence-corrected chi connectivity index (χ3v) is 11.5. The molecule has 7 aromatic carbocycles. The van der Waals surface area contributed by atoms with Gasteiger partial charge in [0.25, 0.3) is 0 Å². The molecule has 0 atom stereocenters. The molecule has 46 heavy (non-hydrogen) atoms. The van der Waals surface area contributed by atoms with Gasteiger partial charge in [-0.3, -0.25) is 0 Å². The first-order chi connectivity index (χ1) is 22.6. The third kappa shape index (κ3) is 3.53. The molecule has 1 nitrogen and oxygen atoms in total. The van der Waals surface area contributed by atoms with Gasteiger partial charge >= 0.3 is 0 Å². The van der Waals surface area contributed by atoms with Crippen LogP contribution in [-0.4, -0.2) is 4.98 Å². The molecule has 2 heteroatoms. The Morgan fingerprint density at radius 1 is 0.457 bits per heavy atom. The van der Waals surface area contributed by atoms with Crippen molar-refractivity contribution in [2.45, 2.75) is 19.3 Å². The van der Waals surface area contributed by atoms with Crippen molar-refractivity contribution in [2.75, 3.05) is 0 Å². The lowest BCUT2D eigenvalue weighted by Crippen LogP contribution is -2.15. The second kappa shape index (κ2) is 9.36. The van der Waals surface area contributed by atoms with Crippen LogP contribution in [-0.2, 0) is 5.41 Å². The molecule has 0 radical (unpaired) electrons. The molecule has 0 unspecified atom stereocenters. The minimum absolute atomic E-state index is 0.143. The van der Waals surface area contributed by atoms with Gasteiger partial charge < -0.3 is 0 Å². The highest BCUT2D eigenvalue weighted by Crippen LogP contribution is 2.51. The van der Waals surface area contributed by atoms with Crippen molar-refractivity contribution in [3.8, 4) is 33.6 Å². The van der Waals surface area contributed by atoms with Gasteiger partial charge in [-0.15, -0.1) is 11.3 Å². The quantitative estimate of drug-likeness (QED) is 0.179. The Balaban J connectivity index is 1.16. The summed E-state index contributed by atoms with van der Waals surface area (Å²) in [6.45, 7) is 4.70. The summed E-state index contributed by atoms with van der Waals surface area (Å²) >= 11 is 1.88. The molecule has 0 N–H and O–H groups in total. The number of thiophene rings is 1. The maximum Gasteiger partial charge on any atom is 0.0753 e. The zero-order chi connectivity index (χ0) is 30.6. The van der Waals surface area contributed by atoms with E-state index in [0.29, 0.717) is 0 Å². The van der Waals surface area contributed by atoms with E-state index in [1.165, 1.54) is 80.3 Å². The fraction of sp³-hybridized carbons (Fsp3) is 0.0682. The van der Waals surface area contributed by atoms with Crippen LogP contribution < -0.4 is 0 Å². The average Bonchev–Trinajstić information content (AvgIpc) is 3.59. The molecule has 2 aromatic heterocycles. The summed E-state index contributed by atoms with van der Waals surface area (Å²) in [7, 11) is 0. The van der Waals surface area contributed by atoms with Crippen LogP contribution in [0.2, 0.25) is 0 Å². The van der Waals surface area contributed by atoms with Crippen LogP contribution in [0.15, 0.2) is 140 Å². The van der Waals surface area contributed by atoms with Gasteiger partial charge in [-0.05, 0) is 84.9 Å². The van der Waals surface area contributed by atoms with Gasteiger partial charge in [0.15, 0.2) is 0 Å². The summed E-state index contributed by atoms with van der Waals surface area (Å²) in [5.41, 5.74) is 9.51. The van der Waals surface area contributed by atoms with E-state index in [1.807, 2.05) is 11.3 Å². The lowest BCUT2D eigenvalue weighted by atomic mass is 9.81. The highest BCUT2D eigenvalue weighted by molar-refractivity contribution is 7.26. The Kier molecular flexibility index (Phi) is 5.28. The molecule has 0 bridgehead atoms. The Bertz CT molecular complexity index is 2730. The summed E-state index contributed by atoms with van der Waals surface area (Å²) in [4.78, 5) is 5.44. The van der Waals surface area contributed by atoms with Gasteiger partial charge in [-0.25, -0.2) is 4.98 Å². The summed E-state index contributed by atoms with van der Waals surface area (Å²) in [5, 5.41) is 10.5. The number of nitrogens with zero attached hydrogens (tertiary/aromatic N) is 1. The molecule has 1 aliphatic carbocycles. The normalized spacial score (nSPS) is 13.6. The van der Waals surface area contributed by atoms with Crippen molar-refractivity contribution in [2.24, 2.45) is 0 Å². The molecule has 0 amide bonds. The summed E-state index contributed by atoms with van der Waals surface area (Å²) in [6.07, 6.45) is 0. The van der Waals surface area contributed by atoms with E-state index in [2.05, 4.69) is 153 Å². The molecule has 0 aliphatic heterocycles. The smallest absolute Gasteiger partial charge is 0.0753 e. The van der Waals surface area contributed by atoms with Crippen molar-refractivity contribution in [1.29, 1.82) is 0 Å². The van der Waals surface area contributed by atoms with Gasteiger partial charge in [-0.2, -0.15) is 0 Å². The molecular weight excluding hydrogens is 575 g/mol. The number of hydrogen-bond donors (Lipinski definition) is 0.